The maximum absolute atomic E-state index is 4.55. The van der Waals surface area contributed by atoms with Crippen LogP contribution in [0.4, 0.5) is 5.69 Å². The Bertz CT molecular complexity index is 554. The smallest absolute Gasteiger partial charge is 0.158 e. The number of nitrogens with one attached hydrogen (secondary N) is 2. The van der Waals surface area contributed by atoms with Crippen LogP contribution in [0.3, 0.4) is 0 Å². The molecule has 1 aliphatic rings. The van der Waals surface area contributed by atoms with Crippen LogP contribution in [0.15, 0.2) is 18.5 Å². The molecular weight excluding hydrogens is 238 g/mol. The highest BCUT2D eigenvalue weighted by molar-refractivity contribution is 5.78. The molecule has 2 aromatic rings. The molecule has 1 fully saturated rings. The van der Waals surface area contributed by atoms with Gasteiger partial charge < -0.3 is 10.6 Å². The van der Waals surface area contributed by atoms with Crippen molar-refractivity contribution >= 4 is 16.7 Å². The lowest BCUT2D eigenvalue weighted by molar-refractivity contribution is 0.480. The molecule has 0 spiro atoms. The van der Waals surface area contributed by atoms with E-state index in [1.165, 1.54) is 12.8 Å². The highest BCUT2D eigenvalue weighted by Gasteiger charge is 2.13. The molecule has 102 valence electrons. The molecule has 0 amide bonds. The predicted octanol–water partition coefficient (Wildman–Crippen LogP) is 2.18. The maximum atomic E-state index is 4.55. The fourth-order valence-corrected chi connectivity index (χ4v) is 2.61. The SMILES string of the molecule is CC(C)n1ncc2cc(NC3CCCNC3)cnc21. The van der Waals surface area contributed by atoms with Gasteiger partial charge in [0.1, 0.15) is 0 Å². The first-order valence-corrected chi connectivity index (χ1v) is 7.04. The van der Waals surface area contributed by atoms with Crippen molar-refractivity contribution in [2.24, 2.45) is 0 Å². The summed E-state index contributed by atoms with van der Waals surface area (Å²) in [6.07, 6.45) is 6.26. The fourth-order valence-electron chi connectivity index (χ4n) is 2.61. The predicted molar refractivity (Wildman–Crippen MR) is 77.4 cm³/mol. The molecule has 1 atom stereocenters. The standard InChI is InChI=1S/C14H21N5/c1-10(2)19-14-11(7-17-19)6-13(9-16-14)18-12-4-3-5-15-8-12/h6-7,9-10,12,15,18H,3-5,8H2,1-2H3. The number of fused-ring (bicyclic) bond motifs is 1. The molecule has 0 radical (unpaired) electrons. The van der Waals surface area contributed by atoms with Gasteiger partial charge in [0.2, 0.25) is 0 Å². The van der Waals surface area contributed by atoms with E-state index >= 15 is 0 Å². The van der Waals surface area contributed by atoms with E-state index in [-0.39, 0.29) is 0 Å². The van der Waals surface area contributed by atoms with Crippen LogP contribution >= 0.6 is 0 Å². The second-order valence-corrected chi connectivity index (χ2v) is 5.51. The molecule has 5 nitrogen and oxygen atoms in total. The molecule has 0 bridgehead atoms. The summed E-state index contributed by atoms with van der Waals surface area (Å²) in [6, 6.07) is 2.99. The number of pyridine rings is 1. The van der Waals surface area contributed by atoms with Crippen LogP contribution in [0.5, 0.6) is 0 Å². The molecule has 2 N–H and O–H groups in total. The fraction of sp³-hybridized carbons (Fsp3) is 0.571. The van der Waals surface area contributed by atoms with Gasteiger partial charge in [-0.25, -0.2) is 9.67 Å². The number of hydrogen-bond acceptors (Lipinski definition) is 4. The summed E-state index contributed by atoms with van der Waals surface area (Å²) < 4.78 is 1.96. The minimum absolute atomic E-state index is 0.339. The average Bonchev–Trinajstić information content (AvgIpc) is 2.83. The summed E-state index contributed by atoms with van der Waals surface area (Å²) in [4.78, 5) is 4.55. The first-order valence-electron chi connectivity index (χ1n) is 7.04. The third kappa shape index (κ3) is 2.56. The molecule has 2 aromatic heterocycles. The molecular formula is C14H21N5. The number of nitrogens with zero attached hydrogens (tertiary/aromatic N) is 3. The van der Waals surface area contributed by atoms with Crippen molar-refractivity contribution in [2.45, 2.75) is 38.8 Å². The zero-order chi connectivity index (χ0) is 13.2. The first-order chi connectivity index (χ1) is 9.24. The van der Waals surface area contributed by atoms with E-state index in [0.29, 0.717) is 12.1 Å². The van der Waals surface area contributed by atoms with E-state index in [9.17, 15) is 0 Å². The lowest BCUT2D eigenvalue weighted by atomic mass is 10.1. The first kappa shape index (κ1) is 12.4. The zero-order valence-corrected chi connectivity index (χ0v) is 11.6. The Morgan fingerprint density at radius 1 is 1.42 bits per heavy atom. The Labute approximate surface area is 113 Å². The molecule has 19 heavy (non-hydrogen) atoms. The number of aromatic nitrogens is 3. The summed E-state index contributed by atoms with van der Waals surface area (Å²) in [7, 11) is 0. The van der Waals surface area contributed by atoms with E-state index in [4.69, 9.17) is 0 Å². The van der Waals surface area contributed by atoms with Crippen molar-refractivity contribution in [1.82, 2.24) is 20.1 Å². The average molecular weight is 259 g/mol. The number of hydrogen-bond donors (Lipinski definition) is 2. The van der Waals surface area contributed by atoms with Gasteiger partial charge in [-0.2, -0.15) is 5.10 Å². The lowest BCUT2D eigenvalue weighted by Gasteiger charge is -2.24. The van der Waals surface area contributed by atoms with Gasteiger partial charge in [-0.05, 0) is 39.3 Å². The zero-order valence-electron chi connectivity index (χ0n) is 11.6. The molecule has 3 heterocycles. The third-order valence-electron chi connectivity index (χ3n) is 3.59. The molecule has 0 aliphatic carbocycles. The highest BCUT2D eigenvalue weighted by Crippen LogP contribution is 2.20. The van der Waals surface area contributed by atoms with Gasteiger partial charge in [0.15, 0.2) is 5.65 Å². The molecule has 0 saturated carbocycles. The van der Waals surface area contributed by atoms with E-state index in [2.05, 4.69) is 40.6 Å². The van der Waals surface area contributed by atoms with E-state index in [0.717, 1.165) is 29.8 Å². The molecule has 0 aromatic carbocycles. The Balaban J connectivity index is 1.81. The van der Waals surface area contributed by atoms with Crippen LogP contribution in [0.25, 0.3) is 11.0 Å². The summed E-state index contributed by atoms with van der Waals surface area (Å²) in [6.45, 7) is 6.40. The van der Waals surface area contributed by atoms with Crippen LogP contribution in [-0.2, 0) is 0 Å². The van der Waals surface area contributed by atoms with Crippen molar-refractivity contribution in [3.63, 3.8) is 0 Å². The molecule has 1 unspecified atom stereocenters. The van der Waals surface area contributed by atoms with Crippen LogP contribution in [0, 0.1) is 0 Å². The quantitative estimate of drug-likeness (QED) is 0.887. The van der Waals surface area contributed by atoms with Gasteiger partial charge in [-0.3, -0.25) is 0 Å². The Hall–Kier alpha value is -1.62. The van der Waals surface area contributed by atoms with Crippen molar-refractivity contribution in [1.29, 1.82) is 0 Å². The van der Waals surface area contributed by atoms with Crippen molar-refractivity contribution < 1.29 is 0 Å². The minimum atomic E-state index is 0.339. The van der Waals surface area contributed by atoms with Crippen molar-refractivity contribution in [3.05, 3.63) is 18.5 Å². The van der Waals surface area contributed by atoms with E-state index < -0.39 is 0 Å². The summed E-state index contributed by atoms with van der Waals surface area (Å²) in [5.74, 6) is 0. The minimum Gasteiger partial charge on any atom is -0.380 e. The van der Waals surface area contributed by atoms with Crippen molar-refractivity contribution in [3.8, 4) is 0 Å². The van der Waals surface area contributed by atoms with Gasteiger partial charge in [0.25, 0.3) is 0 Å². The monoisotopic (exact) mass is 259 g/mol. The normalized spacial score (nSPS) is 20.1. The van der Waals surface area contributed by atoms with Gasteiger partial charge in [-0.1, -0.05) is 0 Å². The topological polar surface area (TPSA) is 54.8 Å². The molecule has 1 aliphatic heterocycles. The lowest BCUT2D eigenvalue weighted by Crippen LogP contribution is -2.38. The molecule has 3 rings (SSSR count). The highest BCUT2D eigenvalue weighted by atomic mass is 15.3. The summed E-state index contributed by atoms with van der Waals surface area (Å²) in [5.41, 5.74) is 2.05. The largest absolute Gasteiger partial charge is 0.380 e. The van der Waals surface area contributed by atoms with Gasteiger partial charge in [-0.15, -0.1) is 0 Å². The van der Waals surface area contributed by atoms with Crippen LogP contribution < -0.4 is 10.6 Å². The Kier molecular flexibility index (Phi) is 3.38. The van der Waals surface area contributed by atoms with Crippen LogP contribution in [0.2, 0.25) is 0 Å². The second-order valence-electron chi connectivity index (χ2n) is 5.51. The summed E-state index contributed by atoms with van der Waals surface area (Å²) >= 11 is 0. The Morgan fingerprint density at radius 2 is 2.32 bits per heavy atom. The van der Waals surface area contributed by atoms with E-state index in [1.54, 1.807) is 0 Å². The van der Waals surface area contributed by atoms with Gasteiger partial charge in [0.05, 0.1) is 18.1 Å². The number of rotatable bonds is 3. The Morgan fingerprint density at radius 3 is 3.05 bits per heavy atom. The second kappa shape index (κ2) is 5.17. The van der Waals surface area contributed by atoms with Gasteiger partial charge >= 0.3 is 0 Å². The van der Waals surface area contributed by atoms with Crippen molar-refractivity contribution in [2.75, 3.05) is 18.4 Å². The maximum Gasteiger partial charge on any atom is 0.158 e. The van der Waals surface area contributed by atoms with Gasteiger partial charge in [0, 0.05) is 24.0 Å². The number of anilines is 1. The van der Waals surface area contributed by atoms with Crippen LogP contribution in [-0.4, -0.2) is 33.9 Å². The third-order valence-corrected chi connectivity index (χ3v) is 3.59. The molecule has 1 saturated heterocycles. The number of piperidine rings is 1. The van der Waals surface area contributed by atoms with Crippen LogP contribution in [0.1, 0.15) is 32.7 Å². The molecule has 5 heteroatoms. The summed E-state index contributed by atoms with van der Waals surface area (Å²) in [5, 5.41) is 12.5. The van der Waals surface area contributed by atoms with E-state index in [1.807, 2.05) is 17.1 Å².